The third-order valence-corrected chi connectivity index (χ3v) is 5.30. The molecule has 104 valence electrons. The van der Waals surface area contributed by atoms with Crippen molar-refractivity contribution in [2.24, 2.45) is 0 Å². The van der Waals surface area contributed by atoms with Crippen LogP contribution >= 0.6 is 11.3 Å². The van der Waals surface area contributed by atoms with E-state index in [1.165, 1.54) is 35.1 Å². The van der Waals surface area contributed by atoms with Gasteiger partial charge in [0.15, 0.2) is 11.4 Å². The summed E-state index contributed by atoms with van der Waals surface area (Å²) in [7, 11) is 0. The Kier molecular flexibility index (Phi) is 2.26. The maximum Gasteiger partial charge on any atom is 0.205 e. The number of fused-ring (bicyclic) bond motifs is 5. The highest BCUT2D eigenvalue weighted by Crippen LogP contribution is 2.37. The Balaban J connectivity index is 1.87. The number of thiophene rings is 1. The Labute approximate surface area is 124 Å². The van der Waals surface area contributed by atoms with Crippen molar-refractivity contribution in [3.63, 3.8) is 0 Å². The number of aryl methyl sites for hydroxylation is 2. The number of aromatic nitrogens is 4. The van der Waals surface area contributed by atoms with Gasteiger partial charge in [-0.05, 0) is 43.4 Å². The van der Waals surface area contributed by atoms with Crippen molar-refractivity contribution in [1.29, 1.82) is 0 Å². The largest absolute Gasteiger partial charge is 0.461 e. The van der Waals surface area contributed by atoms with Crippen LogP contribution < -0.4 is 0 Å². The van der Waals surface area contributed by atoms with Crippen LogP contribution in [0.3, 0.4) is 0 Å². The highest BCUT2D eigenvalue weighted by molar-refractivity contribution is 7.19. The number of hydrogen-bond donors (Lipinski definition) is 0. The van der Waals surface area contributed by atoms with Crippen molar-refractivity contribution in [2.75, 3.05) is 0 Å². The van der Waals surface area contributed by atoms with Gasteiger partial charge in [0.25, 0.3) is 0 Å². The normalized spacial score (nSPS) is 14.9. The number of nitrogens with zero attached hydrogens (tertiary/aromatic N) is 4. The van der Waals surface area contributed by atoms with E-state index in [1.807, 2.05) is 16.5 Å². The molecule has 0 fully saturated rings. The van der Waals surface area contributed by atoms with Crippen LogP contribution in [-0.2, 0) is 12.8 Å². The van der Waals surface area contributed by atoms with Crippen molar-refractivity contribution < 1.29 is 4.42 Å². The third-order valence-electron chi connectivity index (χ3n) is 4.10. The molecule has 0 aliphatic heterocycles. The SMILES string of the molecule is c1coc(-c2nnc3c4c5c(sc4ncn23)CCCC5)c1. The van der Waals surface area contributed by atoms with Crippen molar-refractivity contribution in [2.45, 2.75) is 25.7 Å². The van der Waals surface area contributed by atoms with E-state index >= 15 is 0 Å². The molecule has 0 unspecified atom stereocenters. The van der Waals surface area contributed by atoms with Crippen molar-refractivity contribution in [3.8, 4) is 11.6 Å². The molecule has 0 radical (unpaired) electrons. The van der Waals surface area contributed by atoms with E-state index < -0.39 is 0 Å². The van der Waals surface area contributed by atoms with Gasteiger partial charge in [-0.15, -0.1) is 21.5 Å². The highest BCUT2D eigenvalue weighted by Gasteiger charge is 2.21. The number of rotatable bonds is 1. The lowest BCUT2D eigenvalue weighted by molar-refractivity contribution is 0.576. The van der Waals surface area contributed by atoms with Crippen LogP contribution in [-0.4, -0.2) is 19.6 Å². The summed E-state index contributed by atoms with van der Waals surface area (Å²) in [5.74, 6) is 1.42. The minimum absolute atomic E-state index is 0.708. The second-order valence-corrected chi connectivity index (χ2v) is 6.41. The van der Waals surface area contributed by atoms with E-state index in [1.54, 1.807) is 23.9 Å². The summed E-state index contributed by atoms with van der Waals surface area (Å²) in [4.78, 5) is 7.17. The van der Waals surface area contributed by atoms with Gasteiger partial charge in [0, 0.05) is 4.88 Å². The van der Waals surface area contributed by atoms with Crippen LogP contribution in [0.25, 0.3) is 27.4 Å². The Morgan fingerprint density at radius 2 is 2.14 bits per heavy atom. The molecular weight excluding hydrogens is 284 g/mol. The van der Waals surface area contributed by atoms with Gasteiger partial charge in [0.1, 0.15) is 11.2 Å². The van der Waals surface area contributed by atoms with Crippen LogP contribution in [0.15, 0.2) is 29.1 Å². The molecule has 1 aliphatic rings. The molecule has 0 bridgehead atoms. The molecule has 0 amide bonds. The molecule has 0 saturated heterocycles. The molecule has 5 rings (SSSR count). The smallest absolute Gasteiger partial charge is 0.205 e. The molecule has 6 heteroatoms. The second kappa shape index (κ2) is 4.14. The standard InChI is InChI=1S/C15H12N4OS/c1-2-6-11-9(4-1)12-14-18-17-13(10-5-3-7-20-10)19(14)8-16-15(12)21-11/h3,5,7-8H,1-2,4,6H2. The maximum atomic E-state index is 5.44. The highest BCUT2D eigenvalue weighted by atomic mass is 32.1. The average molecular weight is 296 g/mol. The van der Waals surface area contributed by atoms with Gasteiger partial charge in [-0.25, -0.2) is 4.98 Å². The first kappa shape index (κ1) is 11.4. The molecule has 4 aromatic rings. The molecule has 0 aromatic carbocycles. The Morgan fingerprint density at radius 1 is 1.19 bits per heavy atom. The van der Waals surface area contributed by atoms with Gasteiger partial charge in [-0.2, -0.15) is 0 Å². The summed E-state index contributed by atoms with van der Waals surface area (Å²) >= 11 is 1.81. The summed E-state index contributed by atoms with van der Waals surface area (Å²) < 4.78 is 7.38. The predicted octanol–water partition coefficient (Wildman–Crippen LogP) is 3.48. The second-order valence-electron chi connectivity index (χ2n) is 5.33. The summed E-state index contributed by atoms with van der Waals surface area (Å²) in [6.45, 7) is 0. The summed E-state index contributed by atoms with van der Waals surface area (Å²) in [5.41, 5.74) is 2.32. The molecule has 0 atom stereocenters. The first-order chi connectivity index (χ1) is 10.4. The van der Waals surface area contributed by atoms with Gasteiger partial charge in [-0.1, -0.05) is 0 Å². The summed E-state index contributed by atoms with van der Waals surface area (Å²) in [5, 5.41) is 9.89. The quantitative estimate of drug-likeness (QED) is 0.539. The molecule has 21 heavy (non-hydrogen) atoms. The lowest BCUT2D eigenvalue weighted by Gasteiger charge is -2.10. The van der Waals surface area contributed by atoms with Gasteiger partial charge >= 0.3 is 0 Å². The summed E-state index contributed by atoms with van der Waals surface area (Å²) in [6.07, 6.45) is 8.27. The Hall–Kier alpha value is -2.21. The van der Waals surface area contributed by atoms with Crippen LogP contribution in [0.1, 0.15) is 23.3 Å². The lowest BCUT2D eigenvalue weighted by Crippen LogP contribution is -1.99. The molecule has 0 saturated carbocycles. The zero-order valence-corrected chi connectivity index (χ0v) is 12.1. The zero-order chi connectivity index (χ0) is 13.8. The Morgan fingerprint density at radius 3 is 3.05 bits per heavy atom. The van der Waals surface area contributed by atoms with Crippen molar-refractivity contribution in [3.05, 3.63) is 35.2 Å². The summed E-state index contributed by atoms with van der Waals surface area (Å²) in [6, 6.07) is 3.75. The minimum Gasteiger partial charge on any atom is -0.461 e. The van der Waals surface area contributed by atoms with Gasteiger partial charge in [-0.3, -0.25) is 4.40 Å². The fourth-order valence-electron chi connectivity index (χ4n) is 3.13. The first-order valence-corrected chi connectivity index (χ1v) is 7.91. The molecule has 4 heterocycles. The van der Waals surface area contributed by atoms with Crippen LogP contribution in [0.5, 0.6) is 0 Å². The predicted molar refractivity (Wildman–Crippen MR) is 80.5 cm³/mol. The fourth-order valence-corrected chi connectivity index (χ4v) is 4.35. The first-order valence-electron chi connectivity index (χ1n) is 7.09. The van der Waals surface area contributed by atoms with Crippen molar-refractivity contribution >= 4 is 27.2 Å². The van der Waals surface area contributed by atoms with E-state index in [0.29, 0.717) is 11.6 Å². The fraction of sp³-hybridized carbons (Fsp3) is 0.267. The molecule has 0 spiro atoms. The van der Waals surface area contributed by atoms with E-state index in [2.05, 4.69) is 15.2 Å². The molecule has 4 aromatic heterocycles. The average Bonchev–Trinajstić information content (AvgIpc) is 3.23. The molecule has 1 aliphatic carbocycles. The maximum absolute atomic E-state index is 5.44. The zero-order valence-electron chi connectivity index (χ0n) is 11.2. The van der Waals surface area contributed by atoms with E-state index in [0.717, 1.165) is 16.9 Å². The minimum atomic E-state index is 0.708. The van der Waals surface area contributed by atoms with Crippen LogP contribution in [0.4, 0.5) is 0 Å². The number of hydrogen-bond acceptors (Lipinski definition) is 5. The van der Waals surface area contributed by atoms with Crippen LogP contribution in [0.2, 0.25) is 0 Å². The van der Waals surface area contributed by atoms with E-state index in [-0.39, 0.29) is 0 Å². The molecule has 0 N–H and O–H groups in total. The lowest BCUT2D eigenvalue weighted by atomic mass is 9.97. The number of furan rings is 1. The molecular formula is C15H12N4OS. The molecule has 5 nitrogen and oxygen atoms in total. The third kappa shape index (κ3) is 1.53. The van der Waals surface area contributed by atoms with Gasteiger partial charge < -0.3 is 4.42 Å². The van der Waals surface area contributed by atoms with Crippen LogP contribution in [0, 0.1) is 0 Å². The van der Waals surface area contributed by atoms with E-state index in [9.17, 15) is 0 Å². The van der Waals surface area contributed by atoms with E-state index in [4.69, 9.17) is 4.42 Å². The monoisotopic (exact) mass is 296 g/mol. The Bertz CT molecular complexity index is 951. The van der Waals surface area contributed by atoms with Gasteiger partial charge in [0.05, 0.1) is 11.6 Å². The van der Waals surface area contributed by atoms with Crippen molar-refractivity contribution in [1.82, 2.24) is 19.6 Å². The van der Waals surface area contributed by atoms with Gasteiger partial charge in [0.2, 0.25) is 5.82 Å². The topological polar surface area (TPSA) is 56.2 Å².